The zero-order valence-corrected chi connectivity index (χ0v) is 9.99. The van der Waals surface area contributed by atoms with Gasteiger partial charge in [-0.05, 0) is 31.6 Å². The highest BCUT2D eigenvalue weighted by Gasteiger charge is 2.31. The van der Waals surface area contributed by atoms with Crippen LogP contribution in [0.3, 0.4) is 0 Å². The van der Waals surface area contributed by atoms with Crippen LogP contribution >= 0.6 is 0 Å². The molecule has 4 nitrogen and oxygen atoms in total. The molecule has 0 radical (unpaired) electrons. The summed E-state index contributed by atoms with van der Waals surface area (Å²) in [6, 6.07) is 1.23. The molecule has 0 amide bonds. The predicted octanol–water partition coefficient (Wildman–Crippen LogP) is 1.97. The van der Waals surface area contributed by atoms with E-state index >= 15 is 0 Å². The number of aliphatic hydroxyl groups is 1. The molecule has 17 heavy (non-hydrogen) atoms. The second kappa shape index (κ2) is 4.96. The molecule has 0 saturated heterocycles. The van der Waals surface area contributed by atoms with Crippen molar-refractivity contribution in [1.29, 1.82) is 0 Å². The quantitative estimate of drug-likeness (QED) is 0.792. The van der Waals surface area contributed by atoms with Gasteiger partial charge in [0.1, 0.15) is 12.1 Å². The fourth-order valence-electron chi connectivity index (χ4n) is 2.16. The fraction of sp³-hybridized carbons (Fsp3) is 0.667. The molecule has 0 atom stereocenters. The van der Waals surface area contributed by atoms with Gasteiger partial charge in [0.25, 0.3) is 0 Å². The summed E-state index contributed by atoms with van der Waals surface area (Å²) in [4.78, 5) is 7.28. The smallest absolute Gasteiger partial charge is 0.217 e. The van der Waals surface area contributed by atoms with Gasteiger partial charge in [-0.1, -0.05) is 6.92 Å². The average molecular weight is 239 g/mol. The summed E-state index contributed by atoms with van der Waals surface area (Å²) in [5.41, 5.74) is -0.687. The van der Waals surface area contributed by atoms with Crippen molar-refractivity contribution in [1.82, 2.24) is 9.97 Å². The van der Waals surface area contributed by atoms with Gasteiger partial charge < -0.3 is 10.4 Å². The number of halogens is 1. The minimum atomic E-state index is -0.687. The van der Waals surface area contributed by atoms with Gasteiger partial charge in [0.15, 0.2) is 0 Å². The lowest BCUT2D eigenvalue weighted by Gasteiger charge is -2.35. The van der Waals surface area contributed by atoms with E-state index in [2.05, 4.69) is 22.2 Å². The highest BCUT2D eigenvalue weighted by molar-refractivity contribution is 5.32. The van der Waals surface area contributed by atoms with Crippen LogP contribution in [-0.2, 0) is 0 Å². The van der Waals surface area contributed by atoms with E-state index in [0.717, 1.165) is 25.7 Å². The van der Waals surface area contributed by atoms with Gasteiger partial charge in [0.05, 0.1) is 5.60 Å². The van der Waals surface area contributed by atoms with Gasteiger partial charge in [-0.15, -0.1) is 0 Å². The molecule has 94 valence electrons. The molecule has 0 aliphatic heterocycles. The summed E-state index contributed by atoms with van der Waals surface area (Å²) in [7, 11) is 0. The van der Waals surface area contributed by atoms with Crippen molar-refractivity contribution in [2.24, 2.45) is 5.92 Å². The van der Waals surface area contributed by atoms with Gasteiger partial charge in [0.2, 0.25) is 5.95 Å². The van der Waals surface area contributed by atoms with Crippen molar-refractivity contribution < 1.29 is 9.50 Å². The average Bonchev–Trinajstić information content (AvgIpc) is 2.31. The lowest BCUT2D eigenvalue weighted by molar-refractivity contribution is 0.00494. The van der Waals surface area contributed by atoms with E-state index in [1.54, 1.807) is 0 Å². The van der Waals surface area contributed by atoms with E-state index in [0.29, 0.717) is 18.3 Å². The molecule has 5 heteroatoms. The van der Waals surface area contributed by atoms with E-state index in [1.807, 2.05) is 0 Å². The Balaban J connectivity index is 1.89. The first kappa shape index (κ1) is 12.2. The Labute approximate surface area is 100 Å². The third-order valence-corrected chi connectivity index (χ3v) is 3.44. The van der Waals surface area contributed by atoms with Crippen LogP contribution in [0.5, 0.6) is 0 Å². The largest absolute Gasteiger partial charge is 0.388 e. The Morgan fingerprint density at radius 1 is 1.47 bits per heavy atom. The molecule has 1 aliphatic carbocycles. The second-order valence-electron chi connectivity index (χ2n) is 4.99. The van der Waals surface area contributed by atoms with Crippen molar-refractivity contribution in [3.8, 4) is 0 Å². The summed E-state index contributed by atoms with van der Waals surface area (Å²) in [6.07, 6.45) is 4.82. The van der Waals surface area contributed by atoms with Crippen molar-refractivity contribution in [2.45, 2.75) is 38.2 Å². The van der Waals surface area contributed by atoms with Crippen molar-refractivity contribution in [2.75, 3.05) is 11.9 Å². The molecule has 1 aromatic rings. The van der Waals surface area contributed by atoms with E-state index in [9.17, 15) is 9.50 Å². The summed E-state index contributed by atoms with van der Waals surface area (Å²) in [5, 5.41) is 13.3. The summed E-state index contributed by atoms with van der Waals surface area (Å²) in [6.45, 7) is 2.61. The third-order valence-electron chi connectivity index (χ3n) is 3.44. The number of anilines is 1. The molecule has 1 saturated carbocycles. The van der Waals surface area contributed by atoms with E-state index in [4.69, 9.17) is 0 Å². The minimum Gasteiger partial charge on any atom is -0.388 e. The molecular formula is C12H18FN3O. The maximum absolute atomic E-state index is 12.8. The minimum absolute atomic E-state index is 0.413. The fourth-order valence-corrected chi connectivity index (χ4v) is 2.16. The Bertz CT molecular complexity index is 378. The van der Waals surface area contributed by atoms with Crippen LogP contribution in [0.4, 0.5) is 10.2 Å². The van der Waals surface area contributed by atoms with Crippen LogP contribution in [-0.4, -0.2) is 27.2 Å². The van der Waals surface area contributed by atoms with Crippen LogP contribution in [0.15, 0.2) is 12.4 Å². The predicted molar refractivity (Wildman–Crippen MR) is 63.1 cm³/mol. The van der Waals surface area contributed by atoms with Crippen LogP contribution in [0, 0.1) is 11.9 Å². The number of hydrogen-bond acceptors (Lipinski definition) is 4. The Morgan fingerprint density at radius 3 is 2.82 bits per heavy atom. The molecule has 0 unspecified atom stereocenters. The van der Waals surface area contributed by atoms with Gasteiger partial charge in [0, 0.05) is 12.6 Å². The standard InChI is InChI=1S/C12H18FN3O/c1-9-2-4-12(17,5-3-9)7-14-11-6-10(13)15-8-16-11/h6,8-9,17H,2-5,7H2,1H3,(H,14,15,16). The van der Waals surface area contributed by atoms with Crippen LogP contribution in [0.25, 0.3) is 0 Å². The maximum atomic E-state index is 12.8. The van der Waals surface area contributed by atoms with Gasteiger partial charge in [-0.2, -0.15) is 4.39 Å². The first-order chi connectivity index (χ1) is 8.07. The zero-order chi connectivity index (χ0) is 12.3. The molecule has 1 fully saturated rings. The van der Waals surface area contributed by atoms with E-state index in [-0.39, 0.29) is 0 Å². The van der Waals surface area contributed by atoms with E-state index < -0.39 is 11.5 Å². The molecule has 0 bridgehead atoms. The lowest BCUT2D eigenvalue weighted by atomic mass is 9.79. The molecule has 0 aromatic carbocycles. The van der Waals surface area contributed by atoms with Crippen molar-refractivity contribution in [3.63, 3.8) is 0 Å². The number of aromatic nitrogens is 2. The van der Waals surface area contributed by atoms with E-state index in [1.165, 1.54) is 12.4 Å². The third kappa shape index (κ3) is 3.36. The zero-order valence-electron chi connectivity index (χ0n) is 9.99. The number of rotatable bonds is 3. The van der Waals surface area contributed by atoms with Gasteiger partial charge >= 0.3 is 0 Å². The van der Waals surface area contributed by atoms with Crippen molar-refractivity contribution >= 4 is 5.82 Å². The first-order valence-corrected chi connectivity index (χ1v) is 6.01. The molecular weight excluding hydrogens is 221 g/mol. The first-order valence-electron chi connectivity index (χ1n) is 6.01. The molecule has 0 spiro atoms. The van der Waals surface area contributed by atoms with Crippen LogP contribution in [0.1, 0.15) is 32.6 Å². The lowest BCUT2D eigenvalue weighted by Crippen LogP contribution is -2.40. The van der Waals surface area contributed by atoms with Crippen LogP contribution in [0.2, 0.25) is 0 Å². The summed E-state index contributed by atoms with van der Waals surface area (Å²) in [5.74, 6) is 0.545. The summed E-state index contributed by atoms with van der Waals surface area (Å²) < 4.78 is 12.8. The second-order valence-corrected chi connectivity index (χ2v) is 4.99. The van der Waals surface area contributed by atoms with Crippen LogP contribution < -0.4 is 5.32 Å². The Hall–Kier alpha value is -1.23. The Morgan fingerprint density at radius 2 is 2.18 bits per heavy atom. The normalized spacial score (nSPS) is 29.0. The number of nitrogens with one attached hydrogen (secondary N) is 1. The SMILES string of the molecule is CC1CCC(O)(CNc2cc(F)ncn2)CC1. The Kier molecular flexibility index (Phi) is 3.57. The highest BCUT2D eigenvalue weighted by Crippen LogP contribution is 2.31. The topological polar surface area (TPSA) is 58.0 Å². The van der Waals surface area contributed by atoms with Gasteiger partial charge in [-0.3, -0.25) is 0 Å². The molecule has 1 heterocycles. The van der Waals surface area contributed by atoms with Crippen molar-refractivity contribution in [3.05, 3.63) is 18.3 Å². The molecule has 1 aliphatic rings. The number of hydrogen-bond donors (Lipinski definition) is 2. The summed E-state index contributed by atoms with van der Waals surface area (Å²) >= 11 is 0. The molecule has 2 N–H and O–H groups in total. The number of nitrogens with zero attached hydrogens (tertiary/aromatic N) is 2. The maximum Gasteiger partial charge on any atom is 0.217 e. The highest BCUT2D eigenvalue weighted by atomic mass is 19.1. The van der Waals surface area contributed by atoms with Gasteiger partial charge in [-0.25, -0.2) is 9.97 Å². The molecule has 2 rings (SSSR count). The molecule has 1 aromatic heterocycles. The monoisotopic (exact) mass is 239 g/mol.